The van der Waals surface area contributed by atoms with Gasteiger partial charge in [0.25, 0.3) is 0 Å². The van der Waals surface area contributed by atoms with Crippen LogP contribution in [-0.4, -0.2) is 122 Å². The van der Waals surface area contributed by atoms with E-state index in [1.165, 1.54) is 11.3 Å². The van der Waals surface area contributed by atoms with Gasteiger partial charge in [-0.3, -0.25) is 24.1 Å². The van der Waals surface area contributed by atoms with Crippen molar-refractivity contribution in [2.45, 2.75) is 117 Å². The topological polar surface area (TPSA) is 133 Å². The molecule has 1 aliphatic rings. The van der Waals surface area contributed by atoms with Gasteiger partial charge in [-0.05, 0) is 56.7 Å². The molecule has 9 atom stereocenters. The van der Waals surface area contributed by atoms with E-state index < -0.39 is 42.3 Å². The molecule has 1 radical (unpaired) electrons. The molecule has 1 aromatic carbocycles. The second-order valence-electron chi connectivity index (χ2n) is 15.9. The lowest BCUT2D eigenvalue weighted by atomic mass is 9.89. The number of ether oxygens (including phenoxy) is 2. The Balaban J connectivity index is 1.79. The molecule has 1 aliphatic heterocycles. The molecule has 1 unspecified atom stereocenters. The van der Waals surface area contributed by atoms with E-state index >= 15 is 0 Å². The third kappa shape index (κ3) is 12.1. The third-order valence-electron chi connectivity index (χ3n) is 11.1. The van der Waals surface area contributed by atoms with Crippen LogP contribution in [0.2, 0.25) is 0 Å². The average molecular weight is 784 g/mol. The van der Waals surface area contributed by atoms with Gasteiger partial charge in [-0.15, -0.1) is 11.3 Å². The fourth-order valence-corrected chi connectivity index (χ4v) is 8.62. The smallest absolute Gasteiger partial charge is 0.245 e. The van der Waals surface area contributed by atoms with Crippen molar-refractivity contribution in [2.75, 3.05) is 41.9 Å². The fraction of sp³-hybridized carbons (Fsp3) is 0.667. The first-order chi connectivity index (χ1) is 26.1. The molecular weight excluding hydrogens is 717 g/mol. The van der Waals surface area contributed by atoms with Gasteiger partial charge >= 0.3 is 0 Å². The van der Waals surface area contributed by atoms with Crippen LogP contribution in [0.15, 0.2) is 41.9 Å². The summed E-state index contributed by atoms with van der Waals surface area (Å²) in [7, 11) is 8.62. The van der Waals surface area contributed by atoms with E-state index in [1.54, 1.807) is 37.3 Å². The number of likely N-dealkylation sites (tertiary alicyclic amines) is 1. The minimum atomic E-state index is -0.756. The summed E-state index contributed by atoms with van der Waals surface area (Å²) in [6, 6.07) is 7.66. The Hall–Kier alpha value is -3.39. The molecule has 12 nitrogen and oxygen atoms in total. The highest BCUT2D eigenvalue weighted by Crippen LogP contribution is 2.30. The molecule has 4 amide bonds. The van der Waals surface area contributed by atoms with Crippen LogP contribution < -0.4 is 10.6 Å². The van der Waals surface area contributed by atoms with Gasteiger partial charge in [0.1, 0.15) is 11.0 Å². The Morgan fingerprint density at radius 3 is 2.15 bits per heavy atom. The van der Waals surface area contributed by atoms with Crippen molar-refractivity contribution in [3.63, 3.8) is 0 Å². The Morgan fingerprint density at radius 1 is 0.945 bits per heavy atom. The highest BCUT2D eigenvalue weighted by atomic mass is 32.1. The number of rotatable bonds is 21. The molecule has 13 heteroatoms. The number of methoxy groups -OCH3 is 2. The average Bonchev–Trinajstić information content (AvgIpc) is 3.87. The van der Waals surface area contributed by atoms with Gasteiger partial charge in [-0.2, -0.15) is 0 Å². The SMILES string of the molecule is CC[C@H](C)[C@@H]([C@@H](CC(=O)N1CC[CH]C1[C@H](OC)[C@@H](C)C(=O)N[C@@H](Cc1ccccc1)c1nccs1)OC)N(C)C(=O)[C@@H](NC(=O)[C@H](C(C)C)N(C)C)C(C)C. The minimum Gasteiger partial charge on any atom is -0.379 e. The van der Waals surface area contributed by atoms with E-state index in [1.807, 2.05) is 89.3 Å². The van der Waals surface area contributed by atoms with Crippen LogP contribution in [0, 0.1) is 30.1 Å². The zero-order valence-corrected chi connectivity index (χ0v) is 36.0. The van der Waals surface area contributed by atoms with Gasteiger partial charge in [-0.25, -0.2) is 4.98 Å². The van der Waals surface area contributed by atoms with E-state index in [0.717, 1.165) is 17.0 Å². The highest BCUT2D eigenvalue weighted by molar-refractivity contribution is 7.09. The summed E-state index contributed by atoms with van der Waals surface area (Å²) < 4.78 is 12.0. The fourth-order valence-electron chi connectivity index (χ4n) is 7.94. The molecule has 2 aromatic rings. The molecule has 0 bridgehead atoms. The standard InChI is InChI=1S/C42H67N6O6S/c1-13-28(6)37(47(10)42(52)35(26(2)3)45-40(51)36(27(4)5)46(8)9)33(53-11)25-34(49)48-22-17-20-32(48)38(54-12)29(7)39(50)44-31(41-43-21-23-55-41)24-30-18-15-14-16-19-30/h14-16,18-21,23,26-29,31-33,35-38H,13,17,22,24-25H2,1-12H3,(H,44,50)(H,45,51)/t28-,29+,31-,32?,33+,35-,36-,37-,38+/m0/s1. The number of carbonyl (C=O) groups is 4. The van der Waals surface area contributed by atoms with Gasteiger partial charge in [0, 0.05) is 39.4 Å². The summed E-state index contributed by atoms with van der Waals surface area (Å²) in [5.74, 6) is -1.46. The molecule has 55 heavy (non-hydrogen) atoms. The van der Waals surface area contributed by atoms with E-state index in [2.05, 4.69) is 35.9 Å². The minimum absolute atomic E-state index is 0.0153. The number of nitrogens with zero attached hydrogens (tertiary/aromatic N) is 4. The molecule has 0 spiro atoms. The van der Waals surface area contributed by atoms with Crippen LogP contribution in [-0.2, 0) is 35.1 Å². The van der Waals surface area contributed by atoms with Crippen molar-refractivity contribution in [2.24, 2.45) is 23.7 Å². The van der Waals surface area contributed by atoms with Crippen molar-refractivity contribution < 1.29 is 28.7 Å². The maximum atomic E-state index is 14.3. The first kappa shape index (κ1) is 46.0. The quantitative estimate of drug-likeness (QED) is 0.181. The lowest BCUT2D eigenvalue weighted by molar-refractivity contribution is -0.147. The highest BCUT2D eigenvalue weighted by Gasteiger charge is 2.43. The zero-order valence-electron chi connectivity index (χ0n) is 35.2. The second-order valence-corrected chi connectivity index (χ2v) is 16.8. The van der Waals surface area contributed by atoms with Crippen LogP contribution in [0.3, 0.4) is 0 Å². The number of amides is 4. The number of hydrogen-bond acceptors (Lipinski definition) is 9. The van der Waals surface area contributed by atoms with E-state index in [-0.39, 0.29) is 53.8 Å². The number of benzene rings is 1. The van der Waals surface area contributed by atoms with E-state index in [9.17, 15) is 19.2 Å². The molecule has 2 heterocycles. The van der Waals surface area contributed by atoms with Crippen molar-refractivity contribution in [1.29, 1.82) is 0 Å². The van der Waals surface area contributed by atoms with Crippen LogP contribution in [0.25, 0.3) is 0 Å². The van der Waals surface area contributed by atoms with Gasteiger partial charge in [0.2, 0.25) is 23.6 Å². The van der Waals surface area contributed by atoms with Crippen molar-refractivity contribution in [3.8, 4) is 0 Å². The molecule has 0 saturated carbocycles. The Morgan fingerprint density at radius 2 is 1.62 bits per heavy atom. The van der Waals surface area contributed by atoms with Gasteiger partial charge in [-0.1, -0.05) is 85.2 Å². The summed E-state index contributed by atoms with van der Waals surface area (Å²) in [5.41, 5.74) is 1.09. The Kier molecular flexibility index (Phi) is 18.2. The number of thiazole rings is 1. The van der Waals surface area contributed by atoms with Gasteiger partial charge in [0.05, 0.1) is 48.7 Å². The predicted molar refractivity (Wildman–Crippen MR) is 218 cm³/mol. The van der Waals surface area contributed by atoms with Crippen LogP contribution >= 0.6 is 11.3 Å². The summed E-state index contributed by atoms with van der Waals surface area (Å²) in [6.07, 6.45) is 4.60. The molecule has 1 saturated heterocycles. The number of aromatic nitrogens is 1. The molecule has 307 valence electrons. The molecule has 3 rings (SSSR count). The monoisotopic (exact) mass is 783 g/mol. The molecule has 2 N–H and O–H groups in total. The van der Waals surface area contributed by atoms with Crippen molar-refractivity contribution >= 4 is 35.0 Å². The lowest BCUT2D eigenvalue weighted by Crippen LogP contribution is -2.59. The lowest BCUT2D eigenvalue weighted by Gasteiger charge is -2.41. The predicted octanol–water partition coefficient (Wildman–Crippen LogP) is 5.00. The zero-order chi connectivity index (χ0) is 41.0. The maximum Gasteiger partial charge on any atom is 0.245 e. The first-order valence-electron chi connectivity index (χ1n) is 19.7. The summed E-state index contributed by atoms with van der Waals surface area (Å²) in [6.45, 7) is 14.2. The summed E-state index contributed by atoms with van der Waals surface area (Å²) in [5, 5.41) is 8.99. The largest absolute Gasteiger partial charge is 0.379 e. The van der Waals surface area contributed by atoms with Gasteiger partial charge < -0.3 is 29.9 Å². The molecule has 1 fully saturated rings. The number of likely N-dealkylation sites (N-methyl/N-ethyl adjacent to an activating group) is 2. The Labute approximate surface area is 334 Å². The number of hydrogen-bond donors (Lipinski definition) is 2. The van der Waals surface area contributed by atoms with Crippen molar-refractivity contribution in [1.82, 2.24) is 30.3 Å². The number of nitrogens with one attached hydrogen (secondary N) is 2. The molecular formula is C42H67N6O6S. The first-order valence-corrected chi connectivity index (χ1v) is 20.6. The van der Waals surface area contributed by atoms with Crippen LogP contribution in [0.4, 0.5) is 0 Å². The van der Waals surface area contributed by atoms with Crippen molar-refractivity contribution in [3.05, 3.63) is 58.9 Å². The second kappa shape index (κ2) is 21.8. The molecule has 0 aliphatic carbocycles. The van der Waals surface area contributed by atoms with E-state index in [0.29, 0.717) is 19.4 Å². The number of carbonyl (C=O) groups excluding carboxylic acids is 4. The normalized spacial score (nSPS) is 19.0. The Bertz CT molecular complexity index is 1480. The van der Waals surface area contributed by atoms with E-state index in [4.69, 9.17) is 9.47 Å². The summed E-state index contributed by atoms with van der Waals surface area (Å²) in [4.78, 5) is 65.7. The maximum absolute atomic E-state index is 14.3. The third-order valence-corrected chi connectivity index (χ3v) is 12.0. The van der Waals surface area contributed by atoms with Crippen LogP contribution in [0.5, 0.6) is 0 Å². The summed E-state index contributed by atoms with van der Waals surface area (Å²) >= 11 is 1.50. The molecule has 1 aromatic heterocycles. The van der Waals surface area contributed by atoms with Crippen LogP contribution in [0.1, 0.15) is 84.3 Å². The van der Waals surface area contributed by atoms with Gasteiger partial charge in [0.15, 0.2) is 0 Å².